The van der Waals surface area contributed by atoms with E-state index in [1.165, 1.54) is 12.1 Å². The summed E-state index contributed by atoms with van der Waals surface area (Å²) in [5.74, 6) is -1.16. The molecule has 5 rings (SSSR count). The van der Waals surface area contributed by atoms with Crippen LogP contribution in [0.4, 0.5) is 22.0 Å². The van der Waals surface area contributed by atoms with E-state index in [-0.39, 0.29) is 48.8 Å². The van der Waals surface area contributed by atoms with Gasteiger partial charge in [0.15, 0.2) is 6.04 Å². The largest absolute Gasteiger partial charge is 0.458 e. The summed E-state index contributed by atoms with van der Waals surface area (Å²) in [5.41, 5.74) is -4.08. The second-order valence-electron chi connectivity index (χ2n) is 12.2. The van der Waals surface area contributed by atoms with Crippen molar-refractivity contribution in [3.8, 4) is 11.6 Å². The van der Waals surface area contributed by atoms with Crippen molar-refractivity contribution in [2.24, 2.45) is 5.92 Å². The van der Waals surface area contributed by atoms with Crippen molar-refractivity contribution < 1.29 is 36.2 Å². The van der Waals surface area contributed by atoms with Gasteiger partial charge in [-0.1, -0.05) is 0 Å². The maximum absolute atomic E-state index is 15.5. The van der Waals surface area contributed by atoms with Crippen molar-refractivity contribution in [3.63, 3.8) is 0 Å². The van der Waals surface area contributed by atoms with E-state index >= 15 is 4.39 Å². The number of pyridine rings is 1. The van der Waals surface area contributed by atoms with Gasteiger partial charge >= 0.3 is 12.1 Å². The molecule has 1 atom stereocenters. The lowest BCUT2D eigenvalue weighted by molar-refractivity contribution is -0.157. The number of ether oxygens (including phenoxy) is 2. The number of esters is 1. The second kappa shape index (κ2) is 12.3. The fraction of sp³-hybridized carbons (Fsp3) is 0.500. The number of carbonyl (C=O) groups excluding carboxylic acids is 1. The Morgan fingerprint density at radius 2 is 1.84 bits per heavy atom. The number of hydrogen-bond donors (Lipinski definition) is 0. The molecule has 0 bridgehead atoms. The van der Waals surface area contributed by atoms with Crippen LogP contribution in [0.3, 0.4) is 0 Å². The van der Waals surface area contributed by atoms with Crippen LogP contribution in [0.2, 0.25) is 0 Å². The Balaban J connectivity index is 1.55. The molecule has 1 aliphatic carbocycles. The number of nitrogens with zero attached hydrogens (tertiary/aromatic N) is 4. The van der Waals surface area contributed by atoms with Crippen LogP contribution in [0.5, 0.6) is 11.6 Å². The van der Waals surface area contributed by atoms with Gasteiger partial charge in [0.1, 0.15) is 23.3 Å². The van der Waals surface area contributed by atoms with Gasteiger partial charge in [0.05, 0.1) is 10.0 Å². The first-order valence-corrected chi connectivity index (χ1v) is 15.0. The Hall–Kier alpha value is -3.26. The van der Waals surface area contributed by atoms with Crippen LogP contribution in [-0.4, -0.2) is 56.6 Å². The zero-order valence-electron chi connectivity index (χ0n) is 24.3. The Morgan fingerprint density at radius 3 is 2.45 bits per heavy atom. The molecule has 0 radical (unpaired) electrons. The van der Waals surface area contributed by atoms with Crippen molar-refractivity contribution in [1.82, 2.24) is 19.2 Å². The first-order valence-electron chi connectivity index (χ1n) is 14.2. The average molecular weight is 688 g/mol. The van der Waals surface area contributed by atoms with Crippen molar-refractivity contribution >= 4 is 21.9 Å². The Kier molecular flexibility index (Phi) is 8.96. The van der Waals surface area contributed by atoms with Crippen LogP contribution in [0.15, 0.2) is 45.9 Å². The molecule has 14 heteroatoms. The number of likely N-dealkylation sites (tertiary alicyclic amines) is 1. The van der Waals surface area contributed by atoms with Gasteiger partial charge in [-0.2, -0.15) is 13.2 Å². The van der Waals surface area contributed by atoms with E-state index in [1.807, 2.05) is 0 Å². The molecule has 0 amide bonds. The lowest BCUT2D eigenvalue weighted by atomic mass is 10.0. The van der Waals surface area contributed by atoms with Gasteiger partial charge in [-0.15, -0.1) is 5.10 Å². The van der Waals surface area contributed by atoms with E-state index in [0.717, 1.165) is 29.7 Å². The molecule has 2 aliphatic rings. The molecule has 3 heterocycles. The van der Waals surface area contributed by atoms with Crippen LogP contribution in [-0.2, 0) is 28.7 Å². The smallest absolute Gasteiger partial charge is 0.416 e. The number of aromatic nitrogens is 3. The van der Waals surface area contributed by atoms with Crippen molar-refractivity contribution in [3.05, 3.63) is 74.0 Å². The molecule has 8 nitrogen and oxygen atoms in total. The summed E-state index contributed by atoms with van der Waals surface area (Å²) in [7, 11) is 0. The third kappa shape index (κ3) is 7.68. The molecular weight excluding hydrogens is 655 g/mol. The highest BCUT2D eigenvalue weighted by Gasteiger charge is 2.38. The predicted molar refractivity (Wildman–Crippen MR) is 154 cm³/mol. The van der Waals surface area contributed by atoms with Crippen molar-refractivity contribution in [2.75, 3.05) is 19.6 Å². The molecule has 0 spiro atoms. The minimum absolute atomic E-state index is 0.0751. The summed E-state index contributed by atoms with van der Waals surface area (Å²) >= 11 is 3.40. The van der Waals surface area contributed by atoms with E-state index < -0.39 is 46.9 Å². The first kappa shape index (κ1) is 32.1. The van der Waals surface area contributed by atoms with Gasteiger partial charge in [-0.05, 0) is 85.6 Å². The van der Waals surface area contributed by atoms with E-state index in [0.29, 0.717) is 23.0 Å². The fourth-order valence-corrected chi connectivity index (χ4v) is 5.38. The first-order chi connectivity index (χ1) is 20.6. The van der Waals surface area contributed by atoms with Crippen LogP contribution in [0, 0.1) is 11.7 Å². The van der Waals surface area contributed by atoms with Gasteiger partial charge in [-0.3, -0.25) is 18.9 Å². The number of carbonyl (C=O) groups is 1. The molecular formula is C30H32BrF5N4O4. The molecule has 1 aromatic carbocycles. The lowest BCUT2D eigenvalue weighted by Gasteiger charge is -2.34. The Bertz CT molecular complexity index is 1590. The molecule has 238 valence electrons. The summed E-state index contributed by atoms with van der Waals surface area (Å²) in [6, 6.07) is 2.14. The minimum Gasteiger partial charge on any atom is -0.458 e. The molecule has 1 saturated carbocycles. The van der Waals surface area contributed by atoms with Gasteiger partial charge in [-0.25, -0.2) is 13.6 Å². The molecule has 2 aromatic heterocycles. The number of benzene rings is 1. The molecule has 1 aliphatic heterocycles. The molecule has 3 aromatic rings. The van der Waals surface area contributed by atoms with Crippen LogP contribution >= 0.6 is 15.9 Å². The highest BCUT2D eigenvalue weighted by molar-refractivity contribution is 9.10. The molecule has 2 fully saturated rings. The number of hydrogen-bond acceptors (Lipinski definition) is 6. The molecule has 0 N–H and O–H groups in total. The zero-order chi connectivity index (χ0) is 32.0. The van der Waals surface area contributed by atoms with E-state index in [1.54, 1.807) is 36.5 Å². The Labute approximate surface area is 258 Å². The van der Waals surface area contributed by atoms with E-state index in [2.05, 4.69) is 21.0 Å². The fourth-order valence-electron chi connectivity index (χ4n) is 4.99. The molecule has 1 unspecified atom stereocenters. The van der Waals surface area contributed by atoms with Crippen LogP contribution in [0.25, 0.3) is 0 Å². The van der Waals surface area contributed by atoms with Gasteiger partial charge in [0, 0.05) is 50.2 Å². The van der Waals surface area contributed by atoms with Crippen LogP contribution < -0.4 is 10.3 Å². The summed E-state index contributed by atoms with van der Waals surface area (Å²) in [6.45, 7) is 5.70. The standard InChI is InChI=1S/C30H32BrF5N4O4/c1-29(2,3)44-28(42)26(40-13-18(8-9-38-14-19(32)15-38)22(11-25(40)41)30(34,35)36)21-10-20(6-7-24(21)33)43-27-23(31)16-39(37-27)12-17-4-5-17/h6-7,10-11,13,16-17,19,26H,4-5,8-9,12,14-15H2,1-3H3. The summed E-state index contributed by atoms with van der Waals surface area (Å²) < 4.78 is 85.1. The summed E-state index contributed by atoms with van der Waals surface area (Å²) in [6.07, 6.45) is -1.22. The second-order valence-corrected chi connectivity index (χ2v) is 13.1. The SMILES string of the molecule is CC(C)(C)OC(=O)C(c1cc(Oc2nn(CC3CC3)cc2Br)ccc1F)n1cc(CCN2CC(F)C2)c(C(F)(F)F)cc1=O. The Morgan fingerprint density at radius 1 is 1.14 bits per heavy atom. The zero-order valence-corrected chi connectivity index (χ0v) is 25.9. The van der Waals surface area contributed by atoms with Gasteiger partial charge < -0.3 is 9.47 Å². The average Bonchev–Trinajstić information content (AvgIpc) is 3.64. The maximum Gasteiger partial charge on any atom is 0.416 e. The van der Waals surface area contributed by atoms with Crippen molar-refractivity contribution in [2.45, 2.75) is 70.6 Å². The predicted octanol–water partition coefficient (Wildman–Crippen LogP) is 6.29. The quantitative estimate of drug-likeness (QED) is 0.184. The number of alkyl halides is 4. The van der Waals surface area contributed by atoms with Gasteiger partial charge in [0.2, 0.25) is 0 Å². The number of halogens is 6. The van der Waals surface area contributed by atoms with Gasteiger partial charge in [0.25, 0.3) is 11.4 Å². The highest BCUT2D eigenvalue weighted by atomic mass is 79.9. The maximum atomic E-state index is 15.5. The van der Waals surface area contributed by atoms with E-state index in [4.69, 9.17) is 9.47 Å². The summed E-state index contributed by atoms with van der Waals surface area (Å²) in [4.78, 5) is 28.4. The molecule has 44 heavy (non-hydrogen) atoms. The third-order valence-electron chi connectivity index (χ3n) is 7.29. The summed E-state index contributed by atoms with van der Waals surface area (Å²) in [5, 5.41) is 4.41. The highest BCUT2D eigenvalue weighted by Crippen LogP contribution is 2.36. The lowest BCUT2D eigenvalue weighted by Crippen LogP contribution is -2.49. The normalized spacial score (nSPS) is 16.9. The molecule has 1 saturated heterocycles. The van der Waals surface area contributed by atoms with Crippen LogP contribution in [0.1, 0.15) is 56.3 Å². The van der Waals surface area contributed by atoms with Crippen molar-refractivity contribution in [1.29, 1.82) is 0 Å². The van der Waals surface area contributed by atoms with E-state index in [9.17, 15) is 27.2 Å². The third-order valence-corrected chi connectivity index (χ3v) is 7.84. The number of rotatable bonds is 10. The topological polar surface area (TPSA) is 78.6 Å². The minimum atomic E-state index is -4.87. The monoisotopic (exact) mass is 686 g/mol.